The topological polar surface area (TPSA) is 96.2 Å². The number of halogens is 2. The fraction of sp³-hybridized carbons (Fsp3) is 0.200. The molecule has 6 nitrogen and oxygen atoms in total. The fourth-order valence-corrected chi connectivity index (χ4v) is 1.77. The quantitative estimate of drug-likeness (QED) is 0.885. The molecule has 1 heterocycles. The first-order valence-electron chi connectivity index (χ1n) is 5.02. The summed E-state index contributed by atoms with van der Waals surface area (Å²) in [6.07, 6.45) is -0.882. The van der Waals surface area contributed by atoms with Gasteiger partial charge in [-0.25, -0.2) is 14.2 Å². The molecule has 0 bridgehead atoms. The van der Waals surface area contributed by atoms with Crippen LogP contribution in [-0.2, 0) is 11.3 Å². The molecule has 0 radical (unpaired) electrons. The van der Waals surface area contributed by atoms with Crippen LogP contribution in [0.1, 0.15) is 0 Å². The number of anilines is 1. The molecule has 0 saturated heterocycles. The number of benzene rings is 1. The van der Waals surface area contributed by atoms with E-state index >= 15 is 0 Å². The number of primary amides is 1. The van der Waals surface area contributed by atoms with Crippen LogP contribution in [-0.4, -0.2) is 22.3 Å². The summed E-state index contributed by atoms with van der Waals surface area (Å²) in [5, 5.41) is -0.0273. The van der Waals surface area contributed by atoms with E-state index < -0.39 is 11.9 Å². The van der Waals surface area contributed by atoms with Crippen molar-refractivity contribution in [1.29, 1.82) is 0 Å². The molecule has 0 fully saturated rings. The Morgan fingerprint density at radius 2 is 2.28 bits per heavy atom. The molecular formula is C10H10ClFN4O2. The lowest BCUT2D eigenvalue weighted by Crippen LogP contribution is -2.17. The number of carbonyl (C=O) groups excluding carboxylic acids is 1. The number of hydrogen-bond acceptors (Lipinski definition) is 4. The minimum absolute atomic E-state index is 0.0231. The summed E-state index contributed by atoms with van der Waals surface area (Å²) >= 11 is 5.64. The van der Waals surface area contributed by atoms with Gasteiger partial charge in [0.1, 0.15) is 12.4 Å². The molecule has 0 aliphatic carbocycles. The van der Waals surface area contributed by atoms with Crippen molar-refractivity contribution < 1.29 is 13.9 Å². The van der Waals surface area contributed by atoms with Gasteiger partial charge >= 0.3 is 6.09 Å². The van der Waals surface area contributed by atoms with Crippen LogP contribution in [0.25, 0.3) is 11.0 Å². The molecule has 0 aliphatic rings. The smallest absolute Gasteiger partial charge is 0.404 e. The Balaban J connectivity index is 2.34. The van der Waals surface area contributed by atoms with Gasteiger partial charge in [0.15, 0.2) is 0 Å². The van der Waals surface area contributed by atoms with Crippen LogP contribution in [0.4, 0.5) is 15.1 Å². The molecule has 18 heavy (non-hydrogen) atoms. The van der Waals surface area contributed by atoms with E-state index in [0.717, 1.165) is 0 Å². The number of aromatic nitrogens is 2. The van der Waals surface area contributed by atoms with Crippen LogP contribution in [0.2, 0.25) is 5.02 Å². The van der Waals surface area contributed by atoms with Crippen LogP contribution in [0.5, 0.6) is 0 Å². The number of carbonyl (C=O) groups is 1. The molecule has 1 amide bonds. The Bertz CT molecular complexity index is 613. The number of imidazole rings is 1. The molecule has 0 atom stereocenters. The van der Waals surface area contributed by atoms with Gasteiger partial charge in [-0.05, 0) is 6.07 Å². The average molecular weight is 273 g/mol. The maximum absolute atomic E-state index is 13.4. The number of nitrogen functional groups attached to an aromatic ring is 1. The molecule has 0 saturated carbocycles. The molecule has 1 aromatic heterocycles. The molecule has 0 aliphatic heterocycles. The van der Waals surface area contributed by atoms with Crippen molar-refractivity contribution >= 4 is 34.7 Å². The van der Waals surface area contributed by atoms with Crippen LogP contribution < -0.4 is 11.5 Å². The van der Waals surface area contributed by atoms with Crippen molar-refractivity contribution in [2.24, 2.45) is 5.73 Å². The molecule has 1 aromatic carbocycles. The zero-order valence-electron chi connectivity index (χ0n) is 9.19. The predicted molar refractivity (Wildman–Crippen MR) is 64.6 cm³/mol. The van der Waals surface area contributed by atoms with Crippen molar-refractivity contribution in [3.05, 3.63) is 23.0 Å². The summed E-state index contributed by atoms with van der Waals surface area (Å²) in [7, 11) is 0. The van der Waals surface area contributed by atoms with Crippen LogP contribution in [0.15, 0.2) is 12.1 Å². The summed E-state index contributed by atoms with van der Waals surface area (Å²) in [6.45, 7) is 0.252. The van der Waals surface area contributed by atoms with Gasteiger partial charge in [0.2, 0.25) is 5.95 Å². The predicted octanol–water partition coefficient (Wildman–Crippen LogP) is 1.51. The maximum atomic E-state index is 13.4. The lowest BCUT2D eigenvalue weighted by Gasteiger charge is -2.06. The van der Waals surface area contributed by atoms with Gasteiger partial charge < -0.3 is 20.8 Å². The van der Waals surface area contributed by atoms with Crippen LogP contribution in [0.3, 0.4) is 0 Å². The van der Waals surface area contributed by atoms with E-state index in [2.05, 4.69) is 9.72 Å². The number of hydrogen-bond donors (Lipinski definition) is 2. The Kier molecular flexibility index (Phi) is 3.24. The normalized spacial score (nSPS) is 10.8. The monoisotopic (exact) mass is 272 g/mol. The van der Waals surface area contributed by atoms with Crippen molar-refractivity contribution in [3.8, 4) is 0 Å². The summed E-state index contributed by atoms with van der Waals surface area (Å²) in [5.74, 6) is -0.388. The van der Waals surface area contributed by atoms with Gasteiger partial charge in [0.25, 0.3) is 0 Å². The lowest BCUT2D eigenvalue weighted by molar-refractivity contribution is 0.153. The third-order valence-electron chi connectivity index (χ3n) is 2.38. The Hall–Kier alpha value is -2.02. The van der Waals surface area contributed by atoms with Crippen molar-refractivity contribution in [2.75, 3.05) is 12.3 Å². The third-order valence-corrected chi connectivity index (χ3v) is 2.67. The molecule has 4 N–H and O–H groups in total. The molecule has 2 aromatic rings. The van der Waals surface area contributed by atoms with Crippen molar-refractivity contribution in [2.45, 2.75) is 6.54 Å². The zero-order chi connectivity index (χ0) is 13.3. The minimum atomic E-state index is -0.882. The number of rotatable bonds is 3. The lowest BCUT2D eigenvalue weighted by atomic mass is 10.3. The summed E-state index contributed by atoms with van der Waals surface area (Å²) < 4.78 is 19.5. The van der Waals surface area contributed by atoms with Crippen LogP contribution in [0, 0.1) is 5.82 Å². The highest BCUT2D eigenvalue weighted by Crippen LogP contribution is 2.24. The van der Waals surface area contributed by atoms with Gasteiger partial charge in [-0.15, -0.1) is 0 Å². The SMILES string of the molecule is NC(=O)OCCn1c(N)nc2cc(Cl)c(F)cc21. The Morgan fingerprint density at radius 1 is 1.56 bits per heavy atom. The largest absolute Gasteiger partial charge is 0.448 e. The van der Waals surface area contributed by atoms with Gasteiger partial charge in [0.05, 0.1) is 22.6 Å². The Labute approximate surface area is 106 Å². The summed E-state index contributed by atoms with van der Waals surface area (Å²) in [5.41, 5.74) is 11.5. The average Bonchev–Trinajstić information content (AvgIpc) is 2.56. The second-order valence-corrected chi connectivity index (χ2v) is 3.95. The highest BCUT2D eigenvalue weighted by molar-refractivity contribution is 6.31. The summed E-state index contributed by atoms with van der Waals surface area (Å²) in [6, 6.07) is 2.61. The molecule has 2 rings (SSSR count). The number of nitrogens with zero attached hydrogens (tertiary/aromatic N) is 2. The molecule has 8 heteroatoms. The summed E-state index contributed by atoms with van der Waals surface area (Å²) in [4.78, 5) is 14.5. The molecule has 0 unspecified atom stereocenters. The van der Waals surface area contributed by atoms with E-state index in [1.165, 1.54) is 16.7 Å². The number of amides is 1. The van der Waals surface area contributed by atoms with Gasteiger partial charge in [-0.3, -0.25) is 0 Å². The van der Waals surface area contributed by atoms with Gasteiger partial charge in [-0.2, -0.15) is 0 Å². The van der Waals surface area contributed by atoms with Gasteiger partial charge in [-0.1, -0.05) is 11.6 Å². The first kappa shape index (κ1) is 12.4. The Morgan fingerprint density at radius 3 is 2.94 bits per heavy atom. The van der Waals surface area contributed by atoms with E-state index in [0.29, 0.717) is 11.0 Å². The highest BCUT2D eigenvalue weighted by Gasteiger charge is 2.11. The van der Waals surface area contributed by atoms with E-state index in [-0.39, 0.29) is 24.1 Å². The maximum Gasteiger partial charge on any atom is 0.404 e. The van der Waals surface area contributed by atoms with Crippen LogP contribution >= 0.6 is 11.6 Å². The second-order valence-electron chi connectivity index (χ2n) is 3.54. The number of nitrogens with two attached hydrogens (primary N) is 2. The fourth-order valence-electron chi connectivity index (χ4n) is 1.61. The first-order chi connectivity index (χ1) is 8.49. The zero-order valence-corrected chi connectivity index (χ0v) is 9.95. The second kappa shape index (κ2) is 4.69. The van der Waals surface area contributed by atoms with E-state index in [4.69, 9.17) is 23.1 Å². The molecular weight excluding hydrogens is 263 g/mol. The van der Waals surface area contributed by atoms with Gasteiger partial charge in [0, 0.05) is 6.07 Å². The third kappa shape index (κ3) is 2.30. The standard InChI is InChI=1S/C10H10ClFN4O2/c11-5-3-7-8(4-6(5)12)16(9(13)15-7)1-2-18-10(14)17/h3-4H,1-2H2,(H2,13,15)(H2,14,17). The van der Waals surface area contributed by atoms with Crippen molar-refractivity contribution in [1.82, 2.24) is 9.55 Å². The van der Waals surface area contributed by atoms with E-state index in [1.807, 2.05) is 0 Å². The number of fused-ring (bicyclic) bond motifs is 1. The van der Waals surface area contributed by atoms with E-state index in [1.54, 1.807) is 0 Å². The molecule has 96 valence electrons. The minimum Gasteiger partial charge on any atom is -0.448 e. The molecule has 0 spiro atoms. The highest BCUT2D eigenvalue weighted by atomic mass is 35.5. The van der Waals surface area contributed by atoms with Crippen molar-refractivity contribution in [3.63, 3.8) is 0 Å². The first-order valence-corrected chi connectivity index (χ1v) is 5.40. The van der Waals surface area contributed by atoms with E-state index in [9.17, 15) is 9.18 Å². The number of ether oxygens (including phenoxy) is 1.